The van der Waals surface area contributed by atoms with Gasteiger partial charge in [-0.1, -0.05) is 323 Å². The third-order valence-corrected chi connectivity index (χ3v) is 17.7. The van der Waals surface area contributed by atoms with Gasteiger partial charge in [0.1, 0.15) is 24.4 Å². The van der Waals surface area contributed by atoms with Crippen LogP contribution in [0.1, 0.15) is 342 Å². The van der Waals surface area contributed by atoms with Crippen molar-refractivity contribution in [2.45, 2.75) is 391 Å². The van der Waals surface area contributed by atoms with Gasteiger partial charge in [-0.05, 0) is 109 Å². The normalized spacial score (nSPS) is 18.5. The topological polar surface area (TPSA) is 175 Å². The maximum absolute atomic E-state index is 13.5. The summed E-state index contributed by atoms with van der Waals surface area (Å²) in [4.78, 5) is 26.8. The Morgan fingerprint density at radius 2 is 0.750 bits per heavy atom. The van der Waals surface area contributed by atoms with Crippen molar-refractivity contribution in [3.05, 3.63) is 97.2 Å². The number of aliphatic hydroxyl groups is 5. The van der Waals surface area contributed by atoms with Crippen LogP contribution < -0.4 is 5.32 Å². The van der Waals surface area contributed by atoms with Crippen LogP contribution in [0.3, 0.4) is 0 Å². The second kappa shape index (κ2) is 67.6. The van der Waals surface area contributed by atoms with E-state index in [9.17, 15) is 35.1 Å². The van der Waals surface area contributed by atoms with Crippen LogP contribution in [0, 0.1) is 0 Å². The van der Waals surface area contributed by atoms with E-state index in [1.54, 1.807) is 6.08 Å². The second-order valence-corrected chi connectivity index (χ2v) is 26.4. The average Bonchev–Trinajstić information content (AvgIpc) is 0.928. The van der Waals surface area contributed by atoms with E-state index in [0.29, 0.717) is 12.8 Å². The predicted molar refractivity (Wildman–Crippen MR) is 389 cm³/mol. The van der Waals surface area contributed by atoms with Crippen LogP contribution >= 0.6 is 0 Å². The molecule has 92 heavy (non-hydrogen) atoms. The molecule has 1 heterocycles. The standard InChI is InChI=1S/C81H143NO10/c1-4-7-10-13-16-19-22-25-27-29-31-33-35-37-38-39-41-43-45-47-49-51-54-57-60-63-66-69-76(86)92-79-78(88)77(87)75(70-83)91-81(79)90-71-72(73(84)67-64-61-58-55-52-24-21-18-15-12-9-6-3)82-80(89)74(85)68-65-62-59-56-53-50-48-46-44-42-40-36-34-32-30-28-26-23-20-17-14-11-8-5-2/h16-17,19-20,25-28,31-34,40,42,64,67,72-75,77-79,81,83-85,87-88H,4-15,18,21-24,29-30,35-39,41,43-63,65-66,68-71H2,1-3H3,(H,82,89)/b19-16-,20-17-,27-25-,28-26-,33-31-,34-32-,42-40-,67-64+. The number of carbonyl (C=O) groups is 2. The molecule has 0 radical (unpaired) electrons. The quantitative estimate of drug-likeness (QED) is 0.0195. The zero-order valence-corrected chi connectivity index (χ0v) is 59.4. The van der Waals surface area contributed by atoms with E-state index in [4.69, 9.17) is 14.2 Å². The Balaban J connectivity index is 2.53. The van der Waals surface area contributed by atoms with Crippen molar-refractivity contribution in [1.82, 2.24) is 5.32 Å². The van der Waals surface area contributed by atoms with Gasteiger partial charge in [-0.15, -0.1) is 0 Å². The van der Waals surface area contributed by atoms with Crippen molar-refractivity contribution < 1.29 is 49.3 Å². The Morgan fingerprint density at radius 1 is 0.424 bits per heavy atom. The van der Waals surface area contributed by atoms with Crippen molar-refractivity contribution in [2.24, 2.45) is 0 Å². The van der Waals surface area contributed by atoms with Crippen LogP contribution in [0.2, 0.25) is 0 Å². The number of carbonyl (C=O) groups excluding carboxylic acids is 2. The lowest BCUT2D eigenvalue weighted by Gasteiger charge is -2.41. The molecule has 532 valence electrons. The number of hydrogen-bond donors (Lipinski definition) is 6. The molecule has 1 aliphatic heterocycles. The van der Waals surface area contributed by atoms with Crippen molar-refractivity contribution >= 4 is 11.9 Å². The zero-order chi connectivity index (χ0) is 66.7. The average molecular weight is 1290 g/mol. The van der Waals surface area contributed by atoms with E-state index in [1.807, 2.05) is 6.08 Å². The Kier molecular flexibility index (Phi) is 63.6. The minimum Gasteiger partial charge on any atom is -0.454 e. The Labute approximate surface area is 565 Å². The molecule has 11 heteroatoms. The van der Waals surface area contributed by atoms with Gasteiger partial charge in [0.25, 0.3) is 0 Å². The fourth-order valence-corrected chi connectivity index (χ4v) is 11.6. The van der Waals surface area contributed by atoms with Crippen molar-refractivity contribution in [1.29, 1.82) is 0 Å². The van der Waals surface area contributed by atoms with Gasteiger partial charge in [0.2, 0.25) is 5.91 Å². The summed E-state index contributed by atoms with van der Waals surface area (Å²) in [6.45, 7) is 5.77. The molecule has 0 aliphatic carbocycles. The van der Waals surface area contributed by atoms with Crippen LogP contribution in [0.4, 0.5) is 0 Å². The first-order valence-electron chi connectivity index (χ1n) is 38.5. The van der Waals surface area contributed by atoms with Gasteiger partial charge in [0.15, 0.2) is 12.4 Å². The molecule has 1 rings (SSSR count). The van der Waals surface area contributed by atoms with Gasteiger partial charge in [0, 0.05) is 6.42 Å². The first-order valence-corrected chi connectivity index (χ1v) is 38.5. The Bertz CT molecular complexity index is 1870. The molecule has 0 aromatic carbocycles. The second-order valence-electron chi connectivity index (χ2n) is 26.4. The van der Waals surface area contributed by atoms with Gasteiger partial charge in [0.05, 0.1) is 25.4 Å². The van der Waals surface area contributed by atoms with Gasteiger partial charge in [-0.3, -0.25) is 9.59 Å². The van der Waals surface area contributed by atoms with Crippen LogP contribution in [-0.4, -0.2) is 99.6 Å². The maximum Gasteiger partial charge on any atom is 0.306 e. The molecule has 8 unspecified atom stereocenters. The molecule has 11 nitrogen and oxygen atoms in total. The highest BCUT2D eigenvalue weighted by atomic mass is 16.7. The summed E-state index contributed by atoms with van der Waals surface area (Å²) in [6.07, 6.45) is 81.6. The summed E-state index contributed by atoms with van der Waals surface area (Å²) in [5, 5.41) is 57.4. The third kappa shape index (κ3) is 53.8. The molecular formula is C81H143NO10. The molecule has 0 aromatic heterocycles. The smallest absolute Gasteiger partial charge is 0.306 e. The summed E-state index contributed by atoms with van der Waals surface area (Å²) in [6, 6.07) is -1.03. The van der Waals surface area contributed by atoms with Crippen LogP contribution in [0.5, 0.6) is 0 Å². The number of amides is 1. The minimum atomic E-state index is -1.62. The fourth-order valence-electron chi connectivity index (χ4n) is 11.6. The van der Waals surface area contributed by atoms with Gasteiger partial charge in [-0.25, -0.2) is 0 Å². The number of rotatable bonds is 66. The molecule has 1 fully saturated rings. The highest BCUT2D eigenvalue weighted by Gasteiger charge is 2.47. The van der Waals surface area contributed by atoms with Gasteiger partial charge >= 0.3 is 5.97 Å². The maximum atomic E-state index is 13.5. The van der Waals surface area contributed by atoms with E-state index in [0.717, 1.165) is 96.3 Å². The molecule has 6 N–H and O–H groups in total. The van der Waals surface area contributed by atoms with Crippen molar-refractivity contribution in [2.75, 3.05) is 13.2 Å². The fraction of sp³-hybridized carbons (Fsp3) is 0.778. The van der Waals surface area contributed by atoms with E-state index >= 15 is 0 Å². The van der Waals surface area contributed by atoms with E-state index in [1.165, 1.54) is 199 Å². The van der Waals surface area contributed by atoms with Crippen molar-refractivity contribution in [3.8, 4) is 0 Å². The number of nitrogens with one attached hydrogen (secondary N) is 1. The van der Waals surface area contributed by atoms with Crippen LogP contribution in [0.25, 0.3) is 0 Å². The Hall–Kier alpha value is -3.42. The summed E-state index contributed by atoms with van der Waals surface area (Å²) in [5.41, 5.74) is 0. The number of aliphatic hydroxyl groups excluding tert-OH is 5. The summed E-state index contributed by atoms with van der Waals surface area (Å²) in [5.74, 6) is -1.20. The summed E-state index contributed by atoms with van der Waals surface area (Å²) in [7, 11) is 0. The van der Waals surface area contributed by atoms with Gasteiger partial charge in [-0.2, -0.15) is 0 Å². The van der Waals surface area contributed by atoms with Crippen molar-refractivity contribution in [3.63, 3.8) is 0 Å². The predicted octanol–water partition coefficient (Wildman–Crippen LogP) is 20.6. The van der Waals surface area contributed by atoms with Crippen LogP contribution in [-0.2, 0) is 23.8 Å². The first-order chi connectivity index (χ1) is 45.2. The number of hydrogen-bond acceptors (Lipinski definition) is 10. The third-order valence-electron chi connectivity index (χ3n) is 17.7. The zero-order valence-electron chi connectivity index (χ0n) is 59.4. The number of allylic oxidation sites excluding steroid dienone is 15. The molecule has 1 amide bonds. The highest BCUT2D eigenvalue weighted by molar-refractivity contribution is 5.80. The Morgan fingerprint density at radius 3 is 1.14 bits per heavy atom. The molecule has 0 bridgehead atoms. The summed E-state index contributed by atoms with van der Waals surface area (Å²) < 4.78 is 17.7. The van der Waals surface area contributed by atoms with E-state index in [-0.39, 0.29) is 19.4 Å². The first kappa shape index (κ1) is 86.6. The molecule has 1 aliphatic rings. The van der Waals surface area contributed by atoms with E-state index in [2.05, 4.69) is 111 Å². The van der Waals surface area contributed by atoms with Crippen LogP contribution in [0.15, 0.2) is 97.2 Å². The lowest BCUT2D eigenvalue weighted by atomic mass is 9.99. The lowest BCUT2D eigenvalue weighted by Crippen LogP contribution is -2.61. The van der Waals surface area contributed by atoms with Gasteiger partial charge < -0.3 is 45.1 Å². The number of unbranched alkanes of at least 4 members (excludes halogenated alkanes) is 38. The molecule has 8 atom stereocenters. The molecule has 0 spiro atoms. The number of ether oxygens (including phenoxy) is 3. The molecule has 0 aromatic rings. The number of esters is 1. The molecule has 1 saturated heterocycles. The minimum absolute atomic E-state index is 0.119. The highest BCUT2D eigenvalue weighted by Crippen LogP contribution is 2.26. The summed E-state index contributed by atoms with van der Waals surface area (Å²) >= 11 is 0. The lowest BCUT2D eigenvalue weighted by molar-refractivity contribution is -0.305. The molecular weight excluding hydrogens is 1150 g/mol. The van der Waals surface area contributed by atoms with E-state index < -0.39 is 67.4 Å². The SMILES string of the molecule is CCCCC/C=C\C/C=C\C/C=C\C/C=C\CCCCCCCCCCC(O)C(=O)NC(COC1OC(CO)C(O)C(O)C1OC(=O)CCCCCCCCCCCCCCCC/C=C\C/C=C\C/C=C\CCCCC)C(O)/C=C/CCCCCCCCCCCC. The monoisotopic (exact) mass is 1290 g/mol. The largest absolute Gasteiger partial charge is 0.454 e. The molecule has 0 saturated carbocycles.